The fourth-order valence-corrected chi connectivity index (χ4v) is 2.11. The van der Waals surface area contributed by atoms with Gasteiger partial charge in [-0.25, -0.2) is 0 Å². The zero-order chi connectivity index (χ0) is 11.3. The van der Waals surface area contributed by atoms with E-state index in [2.05, 4.69) is 21.2 Å². The molecule has 0 aromatic rings. The Morgan fingerprint density at radius 1 is 1.40 bits per heavy atom. The summed E-state index contributed by atoms with van der Waals surface area (Å²) in [6, 6.07) is 0. The van der Waals surface area contributed by atoms with Crippen molar-refractivity contribution in [2.24, 2.45) is 5.92 Å². The molecular weight excluding hydrogens is 260 g/mol. The highest BCUT2D eigenvalue weighted by Crippen LogP contribution is 2.16. The lowest BCUT2D eigenvalue weighted by molar-refractivity contribution is -0.129. The Hall–Kier alpha value is -0.580. The zero-order valence-corrected chi connectivity index (χ0v) is 10.5. The Morgan fingerprint density at radius 3 is 2.47 bits per heavy atom. The van der Waals surface area contributed by atoms with Gasteiger partial charge in [-0.3, -0.25) is 9.59 Å². The molecule has 0 saturated carbocycles. The number of amides is 2. The molecule has 1 N–H and O–H groups in total. The van der Waals surface area contributed by atoms with E-state index in [0.717, 1.165) is 32.5 Å². The molecule has 0 aromatic carbocycles. The molecular formula is C10H17BrN2O2. The van der Waals surface area contributed by atoms with Crippen molar-refractivity contribution < 1.29 is 9.59 Å². The topological polar surface area (TPSA) is 49.4 Å². The van der Waals surface area contributed by atoms with Gasteiger partial charge >= 0.3 is 0 Å². The van der Waals surface area contributed by atoms with E-state index < -0.39 is 0 Å². The van der Waals surface area contributed by atoms with Gasteiger partial charge in [-0.1, -0.05) is 15.9 Å². The summed E-state index contributed by atoms with van der Waals surface area (Å²) in [5.74, 6) is 0.704. The molecule has 1 saturated heterocycles. The monoisotopic (exact) mass is 276 g/mol. The van der Waals surface area contributed by atoms with Crippen molar-refractivity contribution in [2.45, 2.75) is 19.8 Å². The zero-order valence-electron chi connectivity index (χ0n) is 8.96. The predicted molar refractivity (Wildman–Crippen MR) is 61.8 cm³/mol. The molecule has 0 spiro atoms. The summed E-state index contributed by atoms with van der Waals surface area (Å²) in [5, 5.41) is 3.23. The maximum absolute atomic E-state index is 11.3. The number of nitrogens with one attached hydrogen (secondary N) is 1. The first-order valence-corrected chi connectivity index (χ1v) is 6.33. The van der Waals surface area contributed by atoms with E-state index in [1.165, 1.54) is 6.92 Å². The van der Waals surface area contributed by atoms with Crippen LogP contribution in [0.3, 0.4) is 0 Å². The molecule has 0 radical (unpaired) electrons. The van der Waals surface area contributed by atoms with E-state index >= 15 is 0 Å². The fourth-order valence-electron chi connectivity index (χ4n) is 1.76. The van der Waals surface area contributed by atoms with Gasteiger partial charge in [0.15, 0.2) is 0 Å². The Morgan fingerprint density at radius 2 is 2.00 bits per heavy atom. The van der Waals surface area contributed by atoms with E-state index in [1.54, 1.807) is 0 Å². The van der Waals surface area contributed by atoms with E-state index in [1.807, 2.05) is 4.90 Å². The van der Waals surface area contributed by atoms with Gasteiger partial charge in [-0.2, -0.15) is 0 Å². The van der Waals surface area contributed by atoms with Crippen molar-refractivity contribution in [1.82, 2.24) is 10.2 Å². The maximum atomic E-state index is 11.3. The van der Waals surface area contributed by atoms with Gasteiger partial charge in [0, 0.05) is 26.6 Å². The van der Waals surface area contributed by atoms with Crippen molar-refractivity contribution in [3.8, 4) is 0 Å². The SMILES string of the molecule is CC(=O)NCC1CCN(C(=O)CBr)CC1. The quantitative estimate of drug-likeness (QED) is 0.774. The normalized spacial score (nSPS) is 17.6. The number of carbonyl (C=O) groups is 2. The largest absolute Gasteiger partial charge is 0.356 e. The van der Waals surface area contributed by atoms with E-state index in [9.17, 15) is 9.59 Å². The summed E-state index contributed by atoms with van der Waals surface area (Å²) in [7, 11) is 0. The smallest absolute Gasteiger partial charge is 0.233 e. The van der Waals surface area contributed by atoms with Gasteiger partial charge in [-0.05, 0) is 18.8 Å². The van der Waals surface area contributed by atoms with Crippen LogP contribution in [0.1, 0.15) is 19.8 Å². The van der Waals surface area contributed by atoms with E-state index in [-0.39, 0.29) is 11.8 Å². The molecule has 1 heterocycles. The lowest BCUT2D eigenvalue weighted by Crippen LogP contribution is -2.41. The van der Waals surface area contributed by atoms with Crippen LogP contribution in [-0.2, 0) is 9.59 Å². The molecule has 0 bridgehead atoms. The Kier molecular flexibility index (Phi) is 5.08. The molecule has 0 atom stereocenters. The fraction of sp³-hybridized carbons (Fsp3) is 0.800. The van der Waals surface area contributed by atoms with Crippen LogP contribution in [0.5, 0.6) is 0 Å². The number of piperidine rings is 1. The minimum Gasteiger partial charge on any atom is -0.356 e. The van der Waals surface area contributed by atoms with Crippen molar-refractivity contribution in [3.63, 3.8) is 0 Å². The number of nitrogens with zero attached hydrogens (tertiary/aromatic N) is 1. The average Bonchev–Trinajstić information content (AvgIpc) is 2.26. The highest BCUT2D eigenvalue weighted by molar-refractivity contribution is 9.09. The highest BCUT2D eigenvalue weighted by Gasteiger charge is 2.21. The number of alkyl halides is 1. The summed E-state index contributed by atoms with van der Waals surface area (Å²) in [5.41, 5.74) is 0. The molecule has 4 nitrogen and oxygen atoms in total. The number of hydrogen-bond acceptors (Lipinski definition) is 2. The molecule has 1 aliphatic rings. The molecule has 86 valence electrons. The third-order valence-corrected chi connectivity index (χ3v) is 3.20. The molecule has 0 aliphatic carbocycles. The van der Waals surface area contributed by atoms with Crippen LogP contribution in [0.2, 0.25) is 0 Å². The number of rotatable bonds is 3. The van der Waals surface area contributed by atoms with Gasteiger partial charge in [0.2, 0.25) is 11.8 Å². The summed E-state index contributed by atoms with van der Waals surface area (Å²) in [4.78, 5) is 23.9. The van der Waals surface area contributed by atoms with Crippen molar-refractivity contribution in [2.75, 3.05) is 25.0 Å². The summed E-state index contributed by atoms with van der Waals surface area (Å²) in [6.45, 7) is 3.90. The second-order valence-corrected chi connectivity index (χ2v) is 4.46. The Balaban J connectivity index is 2.23. The lowest BCUT2D eigenvalue weighted by atomic mass is 9.97. The van der Waals surface area contributed by atoms with Gasteiger partial charge in [0.25, 0.3) is 0 Å². The minimum absolute atomic E-state index is 0.0222. The van der Waals surface area contributed by atoms with Crippen LogP contribution in [-0.4, -0.2) is 41.7 Å². The predicted octanol–water partition coefficient (Wildman–Crippen LogP) is 0.756. The number of likely N-dealkylation sites (tertiary alicyclic amines) is 1. The molecule has 0 unspecified atom stereocenters. The van der Waals surface area contributed by atoms with Crippen molar-refractivity contribution in [1.29, 1.82) is 0 Å². The Bertz CT molecular complexity index is 238. The second kappa shape index (κ2) is 6.10. The highest BCUT2D eigenvalue weighted by atomic mass is 79.9. The molecule has 1 rings (SSSR count). The molecule has 0 aromatic heterocycles. The summed E-state index contributed by atoms with van der Waals surface area (Å²) in [6.07, 6.45) is 1.97. The molecule has 15 heavy (non-hydrogen) atoms. The summed E-state index contributed by atoms with van der Waals surface area (Å²) < 4.78 is 0. The van der Waals surface area contributed by atoms with Crippen LogP contribution in [0, 0.1) is 5.92 Å². The first kappa shape index (κ1) is 12.5. The van der Waals surface area contributed by atoms with E-state index in [0.29, 0.717) is 11.2 Å². The summed E-state index contributed by atoms with van der Waals surface area (Å²) >= 11 is 3.17. The van der Waals surface area contributed by atoms with E-state index in [4.69, 9.17) is 0 Å². The third kappa shape index (κ3) is 4.20. The van der Waals surface area contributed by atoms with Gasteiger partial charge in [-0.15, -0.1) is 0 Å². The Labute approximate surface area is 98.5 Å². The number of carbonyl (C=O) groups excluding carboxylic acids is 2. The first-order chi connectivity index (χ1) is 7.13. The van der Waals surface area contributed by atoms with Crippen LogP contribution in [0.15, 0.2) is 0 Å². The number of hydrogen-bond donors (Lipinski definition) is 1. The molecule has 5 heteroatoms. The molecule has 1 fully saturated rings. The first-order valence-electron chi connectivity index (χ1n) is 5.21. The van der Waals surface area contributed by atoms with Crippen LogP contribution in [0.4, 0.5) is 0 Å². The van der Waals surface area contributed by atoms with Gasteiger partial charge in [0.05, 0.1) is 5.33 Å². The molecule has 1 aliphatic heterocycles. The number of halogens is 1. The van der Waals surface area contributed by atoms with Crippen molar-refractivity contribution in [3.05, 3.63) is 0 Å². The van der Waals surface area contributed by atoms with Crippen LogP contribution >= 0.6 is 15.9 Å². The van der Waals surface area contributed by atoms with Gasteiger partial charge < -0.3 is 10.2 Å². The minimum atomic E-state index is 0.0222. The second-order valence-electron chi connectivity index (χ2n) is 3.89. The third-order valence-electron chi connectivity index (χ3n) is 2.72. The van der Waals surface area contributed by atoms with Gasteiger partial charge in [0.1, 0.15) is 0 Å². The van der Waals surface area contributed by atoms with Crippen LogP contribution < -0.4 is 5.32 Å². The van der Waals surface area contributed by atoms with Crippen LogP contribution in [0.25, 0.3) is 0 Å². The molecule has 2 amide bonds. The van der Waals surface area contributed by atoms with Crippen molar-refractivity contribution >= 4 is 27.7 Å². The lowest BCUT2D eigenvalue weighted by Gasteiger charge is -2.31. The standard InChI is InChI=1S/C10H17BrN2O2/c1-8(14)12-7-9-2-4-13(5-3-9)10(15)6-11/h9H,2-7H2,1H3,(H,12,14). The average molecular weight is 277 g/mol. The maximum Gasteiger partial charge on any atom is 0.233 e.